The van der Waals surface area contributed by atoms with Gasteiger partial charge in [-0.1, -0.05) is 71.9 Å². The van der Waals surface area contributed by atoms with E-state index in [1.165, 1.54) is 0 Å². The van der Waals surface area contributed by atoms with E-state index in [0.717, 1.165) is 31.2 Å². The molecule has 0 aliphatic heterocycles. The van der Waals surface area contributed by atoms with E-state index >= 15 is 0 Å². The fourth-order valence-corrected chi connectivity index (χ4v) is 4.39. The minimum absolute atomic E-state index is 0.0709. The van der Waals surface area contributed by atoms with Gasteiger partial charge in [-0.25, -0.2) is 0 Å². The van der Waals surface area contributed by atoms with Gasteiger partial charge in [0, 0.05) is 27.7 Å². The van der Waals surface area contributed by atoms with Crippen LogP contribution in [0.25, 0.3) is 0 Å². The Balaban J connectivity index is 1.81. The standard InChI is InChI=1S/C23H25Cl3N2O2/c1-15(23(30)27-19-7-3-4-8-19)28(14-17-6-2-5-9-20(17)25)22(29)12-16-10-11-18(24)13-21(16)26/h2,5-6,9-11,13,15,19H,3-4,7-8,12,14H2,1H3,(H,27,30)/t15-/m1/s1. The van der Waals surface area contributed by atoms with Gasteiger partial charge in [-0.2, -0.15) is 0 Å². The quantitative estimate of drug-likeness (QED) is 0.571. The fourth-order valence-electron chi connectivity index (χ4n) is 3.71. The molecule has 30 heavy (non-hydrogen) atoms. The molecular weight excluding hydrogens is 443 g/mol. The number of amides is 2. The average molecular weight is 468 g/mol. The van der Waals surface area contributed by atoms with Gasteiger partial charge in [-0.05, 0) is 49.1 Å². The average Bonchev–Trinajstić information content (AvgIpc) is 3.22. The zero-order chi connectivity index (χ0) is 21.7. The first-order valence-electron chi connectivity index (χ1n) is 10.1. The summed E-state index contributed by atoms with van der Waals surface area (Å²) in [6, 6.07) is 11.9. The van der Waals surface area contributed by atoms with Crippen molar-refractivity contribution in [2.24, 2.45) is 0 Å². The van der Waals surface area contributed by atoms with Crippen LogP contribution in [0.15, 0.2) is 42.5 Å². The van der Waals surface area contributed by atoms with E-state index in [2.05, 4.69) is 5.32 Å². The topological polar surface area (TPSA) is 49.4 Å². The lowest BCUT2D eigenvalue weighted by molar-refractivity contribution is -0.140. The first-order valence-corrected chi connectivity index (χ1v) is 11.3. The number of benzene rings is 2. The van der Waals surface area contributed by atoms with E-state index in [1.807, 2.05) is 18.2 Å². The summed E-state index contributed by atoms with van der Waals surface area (Å²) >= 11 is 18.6. The highest BCUT2D eigenvalue weighted by molar-refractivity contribution is 6.35. The zero-order valence-electron chi connectivity index (χ0n) is 16.8. The molecule has 2 amide bonds. The number of hydrogen-bond donors (Lipinski definition) is 1. The first kappa shape index (κ1) is 22.9. The van der Waals surface area contributed by atoms with Crippen molar-refractivity contribution in [3.63, 3.8) is 0 Å². The van der Waals surface area contributed by atoms with E-state index in [0.29, 0.717) is 20.6 Å². The number of nitrogens with one attached hydrogen (secondary N) is 1. The van der Waals surface area contributed by atoms with Crippen LogP contribution in [0.5, 0.6) is 0 Å². The van der Waals surface area contributed by atoms with Crippen LogP contribution in [0, 0.1) is 0 Å². The number of rotatable bonds is 7. The van der Waals surface area contributed by atoms with Crippen molar-refractivity contribution in [2.75, 3.05) is 0 Å². The van der Waals surface area contributed by atoms with Crippen LogP contribution in [0.3, 0.4) is 0 Å². The SMILES string of the molecule is C[C@H](C(=O)NC1CCCC1)N(Cc1ccccc1Cl)C(=O)Cc1ccc(Cl)cc1Cl. The molecule has 0 heterocycles. The molecule has 0 aromatic heterocycles. The molecule has 2 aromatic carbocycles. The molecule has 160 valence electrons. The summed E-state index contributed by atoms with van der Waals surface area (Å²) in [5.41, 5.74) is 1.45. The van der Waals surface area contributed by atoms with Gasteiger partial charge in [0.15, 0.2) is 0 Å². The molecule has 1 aliphatic carbocycles. The molecule has 3 rings (SSSR count). The maximum absolute atomic E-state index is 13.3. The summed E-state index contributed by atoms with van der Waals surface area (Å²) in [6.07, 6.45) is 4.28. The Hall–Kier alpha value is -1.75. The van der Waals surface area contributed by atoms with Crippen molar-refractivity contribution < 1.29 is 9.59 Å². The highest BCUT2D eigenvalue weighted by Crippen LogP contribution is 2.24. The van der Waals surface area contributed by atoms with Crippen LogP contribution < -0.4 is 5.32 Å². The second-order valence-corrected chi connectivity index (χ2v) is 8.94. The predicted molar refractivity (Wildman–Crippen MR) is 122 cm³/mol. The maximum atomic E-state index is 13.3. The van der Waals surface area contributed by atoms with Gasteiger partial charge in [0.25, 0.3) is 0 Å². The van der Waals surface area contributed by atoms with Gasteiger partial charge in [-0.3, -0.25) is 9.59 Å². The Morgan fingerprint density at radius 3 is 2.40 bits per heavy atom. The van der Waals surface area contributed by atoms with Gasteiger partial charge < -0.3 is 10.2 Å². The second kappa shape index (κ2) is 10.5. The minimum atomic E-state index is -0.638. The van der Waals surface area contributed by atoms with Crippen LogP contribution in [0.4, 0.5) is 0 Å². The molecule has 0 spiro atoms. The summed E-state index contributed by atoms with van der Waals surface area (Å²) in [5, 5.41) is 4.58. The van der Waals surface area contributed by atoms with E-state index in [-0.39, 0.29) is 30.8 Å². The second-order valence-electron chi connectivity index (χ2n) is 7.69. The Kier molecular flexibility index (Phi) is 8.04. The minimum Gasteiger partial charge on any atom is -0.352 e. The molecular formula is C23H25Cl3N2O2. The highest BCUT2D eigenvalue weighted by Gasteiger charge is 2.29. The largest absolute Gasteiger partial charge is 0.352 e. The lowest BCUT2D eigenvalue weighted by Gasteiger charge is -2.30. The van der Waals surface area contributed by atoms with E-state index in [9.17, 15) is 9.59 Å². The highest BCUT2D eigenvalue weighted by atomic mass is 35.5. The summed E-state index contributed by atoms with van der Waals surface area (Å²) in [6.45, 7) is 1.99. The van der Waals surface area contributed by atoms with Gasteiger partial charge in [0.2, 0.25) is 11.8 Å². The number of carbonyl (C=O) groups excluding carboxylic acids is 2. The van der Waals surface area contributed by atoms with Gasteiger partial charge in [0.1, 0.15) is 6.04 Å². The molecule has 2 aromatic rings. The third-order valence-corrected chi connectivity index (χ3v) is 6.48. The molecule has 1 fully saturated rings. The Morgan fingerprint density at radius 2 is 1.73 bits per heavy atom. The van der Waals surface area contributed by atoms with Crippen LogP contribution in [-0.4, -0.2) is 28.8 Å². The lowest BCUT2D eigenvalue weighted by Crippen LogP contribution is -2.50. The van der Waals surface area contributed by atoms with Gasteiger partial charge in [0.05, 0.1) is 6.42 Å². The third kappa shape index (κ3) is 5.90. The Morgan fingerprint density at radius 1 is 1.03 bits per heavy atom. The van der Waals surface area contributed by atoms with Crippen molar-refractivity contribution in [1.82, 2.24) is 10.2 Å². The molecule has 0 radical (unpaired) electrons. The number of hydrogen-bond acceptors (Lipinski definition) is 2. The van der Waals surface area contributed by atoms with Crippen LogP contribution in [-0.2, 0) is 22.6 Å². The van der Waals surface area contributed by atoms with Crippen molar-refractivity contribution in [3.05, 3.63) is 68.7 Å². The number of halogens is 3. The molecule has 0 saturated heterocycles. The van der Waals surface area contributed by atoms with Gasteiger partial charge in [-0.15, -0.1) is 0 Å². The van der Waals surface area contributed by atoms with Gasteiger partial charge >= 0.3 is 0 Å². The fraction of sp³-hybridized carbons (Fsp3) is 0.391. The Bertz CT molecular complexity index is 913. The zero-order valence-corrected chi connectivity index (χ0v) is 19.1. The molecule has 1 aliphatic rings. The van der Waals surface area contributed by atoms with Crippen LogP contribution in [0.2, 0.25) is 15.1 Å². The summed E-state index contributed by atoms with van der Waals surface area (Å²) in [4.78, 5) is 27.7. The molecule has 1 atom stereocenters. The molecule has 1 N–H and O–H groups in total. The van der Waals surface area contributed by atoms with E-state index < -0.39 is 6.04 Å². The number of carbonyl (C=O) groups is 2. The van der Waals surface area contributed by atoms with Crippen molar-refractivity contribution >= 4 is 46.6 Å². The molecule has 1 saturated carbocycles. The normalized spacial score (nSPS) is 15.1. The molecule has 0 unspecified atom stereocenters. The summed E-state index contributed by atoms with van der Waals surface area (Å²) < 4.78 is 0. The maximum Gasteiger partial charge on any atom is 0.242 e. The summed E-state index contributed by atoms with van der Waals surface area (Å²) in [7, 11) is 0. The number of nitrogens with zero attached hydrogens (tertiary/aromatic N) is 1. The van der Waals surface area contributed by atoms with Crippen LogP contribution >= 0.6 is 34.8 Å². The third-order valence-electron chi connectivity index (χ3n) is 5.52. The first-order chi connectivity index (χ1) is 14.3. The summed E-state index contributed by atoms with van der Waals surface area (Å²) in [5.74, 6) is -0.349. The molecule has 4 nitrogen and oxygen atoms in total. The van der Waals surface area contributed by atoms with Crippen LogP contribution in [0.1, 0.15) is 43.7 Å². The predicted octanol–water partition coefficient (Wildman–Crippen LogP) is 5.67. The van der Waals surface area contributed by atoms with E-state index in [1.54, 1.807) is 36.1 Å². The monoisotopic (exact) mass is 466 g/mol. The molecule has 7 heteroatoms. The smallest absolute Gasteiger partial charge is 0.242 e. The van der Waals surface area contributed by atoms with Crippen molar-refractivity contribution in [2.45, 2.75) is 57.7 Å². The van der Waals surface area contributed by atoms with Crippen molar-refractivity contribution in [1.29, 1.82) is 0 Å². The Labute approximate surface area is 192 Å². The van der Waals surface area contributed by atoms with E-state index in [4.69, 9.17) is 34.8 Å². The molecule has 0 bridgehead atoms. The van der Waals surface area contributed by atoms with Crippen molar-refractivity contribution in [3.8, 4) is 0 Å². The lowest BCUT2D eigenvalue weighted by atomic mass is 10.1.